The molecule has 0 saturated carbocycles. The molecule has 3 aromatic rings. The van der Waals surface area contributed by atoms with Gasteiger partial charge in [-0.1, -0.05) is 48.8 Å². The van der Waals surface area contributed by atoms with Crippen LogP contribution in [0.4, 0.5) is 5.82 Å². The number of aromatic nitrogens is 4. The van der Waals surface area contributed by atoms with Crippen LogP contribution in [0, 0.1) is 0 Å². The van der Waals surface area contributed by atoms with Crippen molar-refractivity contribution < 1.29 is 4.79 Å². The number of carbonyl (C=O) groups excluding carboxylic acids is 1. The number of piperidine rings is 1. The number of amides is 1. The van der Waals surface area contributed by atoms with E-state index in [1.165, 1.54) is 19.3 Å². The van der Waals surface area contributed by atoms with Gasteiger partial charge in [-0.15, -0.1) is 0 Å². The molecule has 2 aromatic heterocycles. The fraction of sp³-hybridized carbons (Fsp3) is 0.455. The summed E-state index contributed by atoms with van der Waals surface area (Å²) in [7, 11) is 0. The monoisotopic (exact) mass is 492 g/mol. The Morgan fingerprint density at radius 3 is 2.72 bits per heavy atom. The molecule has 3 heterocycles. The standard InChI is InChI=1S/C22H26Cl2N6OS/c1-14(2)32-22-27-19(29-9-4-3-5-10-29)17-13-26-30(20(17)28-22)11-8-25-21(31)16-12-15(23)6-7-18(16)24/h6-7,12-14H,3-5,8-11H2,1-2H3,(H,25,31). The maximum atomic E-state index is 12.5. The fourth-order valence-corrected chi connectivity index (χ4v) is 4.81. The van der Waals surface area contributed by atoms with E-state index in [1.807, 2.05) is 10.9 Å². The van der Waals surface area contributed by atoms with Crippen molar-refractivity contribution in [2.24, 2.45) is 0 Å². The van der Waals surface area contributed by atoms with Crippen LogP contribution >= 0.6 is 35.0 Å². The van der Waals surface area contributed by atoms with Crippen molar-refractivity contribution in [1.29, 1.82) is 0 Å². The van der Waals surface area contributed by atoms with Crippen molar-refractivity contribution >= 4 is 57.7 Å². The molecule has 1 saturated heterocycles. The summed E-state index contributed by atoms with van der Waals surface area (Å²) in [4.78, 5) is 24.5. The third kappa shape index (κ3) is 5.30. The number of thioether (sulfide) groups is 1. The summed E-state index contributed by atoms with van der Waals surface area (Å²) in [6, 6.07) is 4.84. The second-order valence-corrected chi connectivity index (χ2v) is 10.4. The van der Waals surface area contributed by atoms with Gasteiger partial charge in [0.05, 0.1) is 28.7 Å². The van der Waals surface area contributed by atoms with Gasteiger partial charge in [0, 0.05) is 29.9 Å². The molecule has 170 valence electrons. The van der Waals surface area contributed by atoms with Crippen LogP contribution in [0.5, 0.6) is 0 Å². The Bertz CT molecular complexity index is 1110. The van der Waals surface area contributed by atoms with Crippen molar-refractivity contribution in [3.8, 4) is 0 Å². The Morgan fingerprint density at radius 2 is 1.97 bits per heavy atom. The van der Waals surface area contributed by atoms with Crippen LogP contribution in [-0.4, -0.2) is 50.5 Å². The second-order valence-electron chi connectivity index (χ2n) is 8.03. The van der Waals surface area contributed by atoms with Gasteiger partial charge in [0.15, 0.2) is 10.8 Å². The van der Waals surface area contributed by atoms with Gasteiger partial charge in [0.2, 0.25) is 0 Å². The highest BCUT2D eigenvalue weighted by atomic mass is 35.5. The average Bonchev–Trinajstić information content (AvgIpc) is 3.18. The molecule has 1 aliphatic rings. The third-order valence-electron chi connectivity index (χ3n) is 5.23. The van der Waals surface area contributed by atoms with Gasteiger partial charge < -0.3 is 10.2 Å². The third-order valence-corrected chi connectivity index (χ3v) is 6.66. The fourth-order valence-electron chi connectivity index (χ4n) is 3.74. The number of nitrogens with zero attached hydrogens (tertiary/aromatic N) is 5. The topological polar surface area (TPSA) is 75.9 Å². The van der Waals surface area contributed by atoms with E-state index in [0.717, 1.165) is 35.1 Å². The lowest BCUT2D eigenvalue weighted by Crippen LogP contribution is -2.30. The lowest BCUT2D eigenvalue weighted by molar-refractivity contribution is 0.0952. The molecule has 1 N–H and O–H groups in total. The highest BCUT2D eigenvalue weighted by Crippen LogP contribution is 2.30. The van der Waals surface area contributed by atoms with Gasteiger partial charge >= 0.3 is 0 Å². The van der Waals surface area contributed by atoms with Gasteiger partial charge in [0.25, 0.3) is 5.91 Å². The van der Waals surface area contributed by atoms with E-state index >= 15 is 0 Å². The highest BCUT2D eigenvalue weighted by Gasteiger charge is 2.20. The molecule has 0 unspecified atom stereocenters. The quantitative estimate of drug-likeness (QED) is 0.367. The van der Waals surface area contributed by atoms with Crippen LogP contribution in [0.3, 0.4) is 0 Å². The van der Waals surface area contributed by atoms with Crippen molar-refractivity contribution in [3.63, 3.8) is 0 Å². The molecular formula is C22H26Cl2N6OS. The Kier molecular flexibility index (Phi) is 7.43. The zero-order valence-corrected chi connectivity index (χ0v) is 20.5. The van der Waals surface area contributed by atoms with Gasteiger partial charge in [0.1, 0.15) is 5.82 Å². The largest absolute Gasteiger partial charge is 0.356 e. The van der Waals surface area contributed by atoms with E-state index in [0.29, 0.717) is 33.9 Å². The highest BCUT2D eigenvalue weighted by molar-refractivity contribution is 7.99. The summed E-state index contributed by atoms with van der Waals surface area (Å²) >= 11 is 13.8. The molecule has 1 aromatic carbocycles. The van der Waals surface area contributed by atoms with E-state index in [9.17, 15) is 4.79 Å². The number of nitrogens with one attached hydrogen (secondary N) is 1. The van der Waals surface area contributed by atoms with Crippen LogP contribution in [-0.2, 0) is 6.54 Å². The molecule has 7 nitrogen and oxygen atoms in total. The first-order chi connectivity index (χ1) is 15.4. The summed E-state index contributed by atoms with van der Waals surface area (Å²) in [5.74, 6) is 0.687. The van der Waals surface area contributed by atoms with Crippen molar-refractivity contribution in [1.82, 2.24) is 25.1 Å². The van der Waals surface area contributed by atoms with Gasteiger partial charge in [-0.2, -0.15) is 5.10 Å². The summed E-state index contributed by atoms with van der Waals surface area (Å²) in [6.45, 7) is 7.13. The van der Waals surface area contributed by atoms with Crippen LogP contribution in [0.2, 0.25) is 10.0 Å². The summed E-state index contributed by atoms with van der Waals surface area (Å²) in [5.41, 5.74) is 1.15. The molecule has 0 atom stereocenters. The number of anilines is 1. The van der Waals surface area contributed by atoms with Gasteiger partial charge in [-0.25, -0.2) is 14.6 Å². The van der Waals surface area contributed by atoms with Crippen molar-refractivity contribution in [3.05, 3.63) is 40.0 Å². The minimum Gasteiger partial charge on any atom is -0.356 e. The first-order valence-electron chi connectivity index (χ1n) is 10.8. The zero-order valence-electron chi connectivity index (χ0n) is 18.1. The minimum absolute atomic E-state index is 0.270. The van der Waals surface area contributed by atoms with Crippen molar-refractivity contribution in [2.75, 3.05) is 24.5 Å². The minimum atomic E-state index is -0.270. The lowest BCUT2D eigenvalue weighted by Gasteiger charge is -2.28. The molecule has 0 bridgehead atoms. The Balaban J connectivity index is 1.54. The van der Waals surface area contributed by atoms with Crippen LogP contribution in [0.1, 0.15) is 43.5 Å². The maximum absolute atomic E-state index is 12.5. The second kappa shape index (κ2) is 10.3. The summed E-state index contributed by atoms with van der Waals surface area (Å²) in [6.07, 6.45) is 5.43. The van der Waals surface area contributed by atoms with E-state index in [4.69, 9.17) is 33.2 Å². The maximum Gasteiger partial charge on any atom is 0.252 e. The summed E-state index contributed by atoms with van der Waals surface area (Å²) < 4.78 is 1.83. The van der Waals surface area contributed by atoms with Gasteiger partial charge in [-0.3, -0.25) is 4.79 Å². The van der Waals surface area contributed by atoms with E-state index in [1.54, 1.807) is 30.0 Å². The first-order valence-corrected chi connectivity index (χ1v) is 12.4. The number of fused-ring (bicyclic) bond motifs is 1. The first kappa shape index (κ1) is 23.1. The number of hydrogen-bond donors (Lipinski definition) is 1. The van der Waals surface area contributed by atoms with Crippen molar-refractivity contribution in [2.45, 2.75) is 50.1 Å². The van der Waals surface area contributed by atoms with E-state index < -0.39 is 0 Å². The number of hydrogen-bond acceptors (Lipinski definition) is 6. The summed E-state index contributed by atoms with van der Waals surface area (Å²) in [5, 5.41) is 10.4. The van der Waals surface area contributed by atoms with E-state index in [2.05, 4.69) is 29.2 Å². The van der Waals surface area contributed by atoms with Crippen LogP contribution in [0.25, 0.3) is 11.0 Å². The van der Waals surface area contributed by atoms with Gasteiger partial charge in [-0.05, 0) is 37.5 Å². The molecule has 1 amide bonds. The number of halogens is 2. The Labute approximate surface area is 201 Å². The smallest absolute Gasteiger partial charge is 0.252 e. The molecule has 10 heteroatoms. The lowest BCUT2D eigenvalue weighted by atomic mass is 10.1. The molecule has 1 fully saturated rings. The molecule has 4 rings (SSSR count). The van der Waals surface area contributed by atoms with Crippen LogP contribution in [0.15, 0.2) is 29.6 Å². The predicted molar refractivity (Wildman–Crippen MR) is 131 cm³/mol. The predicted octanol–water partition coefficient (Wildman–Crippen LogP) is 5.05. The number of rotatable bonds is 7. The molecule has 32 heavy (non-hydrogen) atoms. The molecule has 0 aliphatic carbocycles. The normalized spacial score (nSPS) is 14.3. The molecule has 1 aliphatic heterocycles. The number of benzene rings is 1. The molecular weight excluding hydrogens is 467 g/mol. The average molecular weight is 493 g/mol. The Morgan fingerprint density at radius 1 is 1.19 bits per heavy atom. The van der Waals surface area contributed by atoms with E-state index in [-0.39, 0.29) is 5.91 Å². The number of carbonyl (C=O) groups is 1. The molecule has 0 spiro atoms. The SMILES string of the molecule is CC(C)Sc1nc(N2CCCCC2)c2cnn(CCNC(=O)c3cc(Cl)ccc3Cl)c2n1. The molecule has 0 radical (unpaired) electrons. The zero-order chi connectivity index (χ0) is 22.7. The van der Waals surface area contributed by atoms with Crippen LogP contribution < -0.4 is 10.2 Å². The Hall–Kier alpha value is -2.03.